The smallest absolute Gasteiger partial charge is 0.127 e. The van der Waals surface area contributed by atoms with Crippen LogP contribution in [0.2, 0.25) is 5.02 Å². The predicted octanol–water partition coefficient (Wildman–Crippen LogP) is 3.92. The Morgan fingerprint density at radius 1 is 1.44 bits per heavy atom. The minimum absolute atomic E-state index is 0.190. The number of hydrogen-bond acceptors (Lipinski definition) is 2. The minimum atomic E-state index is -0.857. The van der Waals surface area contributed by atoms with Gasteiger partial charge in [-0.1, -0.05) is 31.5 Å². The molecule has 1 aliphatic heterocycles. The fourth-order valence-corrected chi connectivity index (χ4v) is 4.06. The van der Waals surface area contributed by atoms with Crippen LogP contribution in [0.25, 0.3) is 0 Å². The lowest BCUT2D eigenvalue weighted by Crippen LogP contribution is -2.51. The fraction of sp³-hybridized carbons (Fsp3) is 0.571. The zero-order chi connectivity index (χ0) is 13.4. The predicted molar refractivity (Wildman–Crippen MR) is 75.8 cm³/mol. The van der Waals surface area contributed by atoms with Gasteiger partial charge in [0.1, 0.15) is 5.82 Å². The van der Waals surface area contributed by atoms with Gasteiger partial charge in [-0.2, -0.15) is 11.8 Å². The maximum atomic E-state index is 13.8. The second-order valence-electron chi connectivity index (χ2n) is 5.63. The van der Waals surface area contributed by atoms with Crippen molar-refractivity contribution in [3.05, 3.63) is 34.6 Å². The van der Waals surface area contributed by atoms with E-state index < -0.39 is 5.60 Å². The van der Waals surface area contributed by atoms with Gasteiger partial charge in [-0.3, -0.25) is 0 Å². The molecule has 0 spiro atoms. The summed E-state index contributed by atoms with van der Waals surface area (Å²) in [4.78, 5) is 0. The molecule has 1 saturated heterocycles. The normalized spacial score (nSPS) is 27.2. The standard InChI is InChI=1S/C14H18ClFOS/c1-13(2)5-6-18-9-14(13,17)8-10-3-4-11(15)7-12(10)16/h3-4,7,17H,5-6,8-9H2,1-2H3. The van der Waals surface area contributed by atoms with Crippen molar-refractivity contribution in [2.45, 2.75) is 32.3 Å². The first-order chi connectivity index (χ1) is 8.34. The Bertz CT molecular complexity index is 449. The number of rotatable bonds is 2. The summed E-state index contributed by atoms with van der Waals surface area (Å²) in [6.45, 7) is 4.11. The van der Waals surface area contributed by atoms with Crippen LogP contribution in [0.15, 0.2) is 18.2 Å². The summed E-state index contributed by atoms with van der Waals surface area (Å²) in [5.41, 5.74) is -0.507. The van der Waals surface area contributed by atoms with E-state index in [1.165, 1.54) is 6.07 Å². The van der Waals surface area contributed by atoms with Crippen molar-refractivity contribution in [1.29, 1.82) is 0 Å². The van der Waals surface area contributed by atoms with E-state index in [-0.39, 0.29) is 11.2 Å². The molecule has 1 nitrogen and oxygen atoms in total. The molecular formula is C14H18ClFOS. The molecule has 2 rings (SSSR count). The molecule has 1 aromatic carbocycles. The van der Waals surface area contributed by atoms with Crippen molar-refractivity contribution >= 4 is 23.4 Å². The van der Waals surface area contributed by atoms with E-state index in [4.69, 9.17) is 11.6 Å². The van der Waals surface area contributed by atoms with Crippen molar-refractivity contribution in [3.8, 4) is 0 Å². The van der Waals surface area contributed by atoms with E-state index in [1.54, 1.807) is 23.9 Å². The molecule has 4 heteroatoms. The molecule has 100 valence electrons. The minimum Gasteiger partial charge on any atom is -0.388 e. The first-order valence-electron chi connectivity index (χ1n) is 6.08. The van der Waals surface area contributed by atoms with Crippen molar-refractivity contribution in [1.82, 2.24) is 0 Å². The van der Waals surface area contributed by atoms with Gasteiger partial charge in [-0.05, 0) is 35.3 Å². The van der Waals surface area contributed by atoms with Crippen LogP contribution >= 0.6 is 23.4 Å². The highest BCUT2D eigenvalue weighted by Gasteiger charge is 2.45. The third-order valence-corrected chi connectivity index (χ3v) is 5.38. The topological polar surface area (TPSA) is 20.2 Å². The van der Waals surface area contributed by atoms with Gasteiger partial charge in [0.25, 0.3) is 0 Å². The highest BCUT2D eigenvalue weighted by atomic mass is 35.5. The van der Waals surface area contributed by atoms with Crippen LogP contribution in [0.1, 0.15) is 25.8 Å². The molecule has 1 unspecified atom stereocenters. The Hall–Kier alpha value is -0.250. The zero-order valence-corrected chi connectivity index (χ0v) is 12.2. The highest BCUT2D eigenvalue weighted by Crippen LogP contribution is 2.44. The second-order valence-corrected chi connectivity index (χ2v) is 7.17. The van der Waals surface area contributed by atoms with Gasteiger partial charge in [0.2, 0.25) is 0 Å². The van der Waals surface area contributed by atoms with Gasteiger partial charge >= 0.3 is 0 Å². The summed E-state index contributed by atoms with van der Waals surface area (Å²) in [6.07, 6.45) is 1.29. The van der Waals surface area contributed by atoms with Crippen LogP contribution in [0.5, 0.6) is 0 Å². The molecule has 1 fully saturated rings. The van der Waals surface area contributed by atoms with E-state index in [0.717, 1.165) is 12.2 Å². The fourth-order valence-electron chi connectivity index (χ4n) is 2.27. The summed E-state index contributed by atoms with van der Waals surface area (Å²) in [5, 5.41) is 11.2. The summed E-state index contributed by atoms with van der Waals surface area (Å²) in [5.74, 6) is 1.38. The Kier molecular flexibility index (Phi) is 3.96. The summed E-state index contributed by atoms with van der Waals surface area (Å²) < 4.78 is 13.8. The van der Waals surface area contributed by atoms with E-state index >= 15 is 0 Å². The molecular weight excluding hydrogens is 271 g/mol. The van der Waals surface area contributed by atoms with Crippen molar-refractivity contribution in [2.75, 3.05) is 11.5 Å². The Morgan fingerprint density at radius 2 is 2.17 bits per heavy atom. The Morgan fingerprint density at radius 3 is 2.78 bits per heavy atom. The van der Waals surface area contributed by atoms with Gasteiger partial charge in [0.05, 0.1) is 5.60 Å². The lowest BCUT2D eigenvalue weighted by molar-refractivity contribution is -0.0518. The van der Waals surface area contributed by atoms with Gasteiger partial charge in [0, 0.05) is 17.2 Å². The molecule has 18 heavy (non-hydrogen) atoms. The summed E-state index contributed by atoms with van der Waals surface area (Å²) in [6, 6.07) is 4.65. The lowest BCUT2D eigenvalue weighted by Gasteiger charge is -2.46. The number of benzene rings is 1. The van der Waals surface area contributed by atoms with Crippen molar-refractivity contribution < 1.29 is 9.50 Å². The van der Waals surface area contributed by atoms with Crippen LogP contribution in [0, 0.1) is 11.2 Å². The molecule has 0 bridgehead atoms. The summed E-state index contributed by atoms with van der Waals surface area (Å²) in [7, 11) is 0. The van der Waals surface area contributed by atoms with Gasteiger partial charge in [-0.15, -0.1) is 0 Å². The molecule has 1 N–H and O–H groups in total. The van der Waals surface area contributed by atoms with Gasteiger partial charge in [0.15, 0.2) is 0 Å². The average Bonchev–Trinajstić information content (AvgIpc) is 2.27. The van der Waals surface area contributed by atoms with Gasteiger partial charge < -0.3 is 5.11 Å². The number of thioether (sulfide) groups is 1. The monoisotopic (exact) mass is 288 g/mol. The molecule has 1 atom stereocenters. The third kappa shape index (κ3) is 2.68. The molecule has 0 saturated carbocycles. The molecule has 1 heterocycles. The number of halogens is 2. The van der Waals surface area contributed by atoms with Crippen molar-refractivity contribution in [3.63, 3.8) is 0 Å². The second kappa shape index (κ2) is 5.03. The molecule has 0 amide bonds. The average molecular weight is 289 g/mol. The molecule has 1 aromatic rings. The number of hydrogen-bond donors (Lipinski definition) is 1. The summed E-state index contributed by atoms with van der Waals surface area (Å²) >= 11 is 7.48. The highest BCUT2D eigenvalue weighted by molar-refractivity contribution is 7.99. The van der Waals surface area contributed by atoms with Crippen LogP contribution in [0.4, 0.5) is 4.39 Å². The van der Waals surface area contributed by atoms with Crippen LogP contribution in [0.3, 0.4) is 0 Å². The van der Waals surface area contributed by atoms with Crippen molar-refractivity contribution in [2.24, 2.45) is 5.41 Å². The van der Waals surface area contributed by atoms with E-state index in [1.807, 2.05) is 0 Å². The molecule has 0 radical (unpaired) electrons. The molecule has 0 aromatic heterocycles. The molecule has 1 aliphatic rings. The van der Waals surface area contributed by atoms with Gasteiger partial charge in [-0.25, -0.2) is 4.39 Å². The quantitative estimate of drug-likeness (QED) is 0.890. The van der Waals surface area contributed by atoms with E-state index in [0.29, 0.717) is 22.8 Å². The molecule has 0 aliphatic carbocycles. The first-order valence-corrected chi connectivity index (χ1v) is 7.61. The Balaban J connectivity index is 2.26. The maximum Gasteiger partial charge on any atom is 0.127 e. The van der Waals surface area contributed by atoms with Crippen LogP contribution in [-0.4, -0.2) is 22.2 Å². The van der Waals surface area contributed by atoms with Crippen LogP contribution < -0.4 is 0 Å². The lowest BCUT2D eigenvalue weighted by atomic mass is 9.70. The Labute approximate surface area is 117 Å². The van der Waals surface area contributed by atoms with E-state index in [9.17, 15) is 9.50 Å². The van der Waals surface area contributed by atoms with Crippen LogP contribution in [-0.2, 0) is 6.42 Å². The van der Waals surface area contributed by atoms with E-state index in [2.05, 4.69) is 13.8 Å². The first kappa shape index (κ1) is 14.2. The maximum absolute atomic E-state index is 13.8. The zero-order valence-electron chi connectivity index (χ0n) is 10.7. The number of aliphatic hydroxyl groups is 1. The largest absolute Gasteiger partial charge is 0.388 e. The third-order valence-electron chi connectivity index (χ3n) is 3.97. The SMILES string of the molecule is CC1(C)CCSCC1(O)Cc1ccc(Cl)cc1F.